The number of pyridine rings is 2. The SMILES string of the molecule is Cc1cc(-c2ccc3c(=O)c(C(=O)O)cn(C4CC4)c3c2C)cnc1CO. The van der Waals surface area contributed by atoms with Gasteiger partial charge in [-0.15, -0.1) is 0 Å². The van der Waals surface area contributed by atoms with Crippen LogP contribution in [-0.4, -0.2) is 25.7 Å². The van der Waals surface area contributed by atoms with Crippen molar-refractivity contribution in [2.45, 2.75) is 39.3 Å². The molecule has 1 saturated carbocycles. The minimum absolute atomic E-state index is 0.109. The molecule has 0 radical (unpaired) electrons. The average Bonchev–Trinajstić information content (AvgIpc) is 3.47. The summed E-state index contributed by atoms with van der Waals surface area (Å²) in [7, 11) is 0. The van der Waals surface area contributed by atoms with Crippen LogP contribution in [-0.2, 0) is 6.61 Å². The third-order valence-electron chi connectivity index (χ3n) is 5.26. The Hall–Kier alpha value is -2.99. The summed E-state index contributed by atoms with van der Waals surface area (Å²) in [5, 5.41) is 19.2. The molecule has 2 N–H and O–H groups in total. The molecule has 1 aromatic carbocycles. The molecule has 0 atom stereocenters. The number of aliphatic hydroxyl groups is 1. The number of hydrogen-bond donors (Lipinski definition) is 2. The highest BCUT2D eigenvalue weighted by Crippen LogP contribution is 2.39. The van der Waals surface area contributed by atoms with Gasteiger partial charge in [0.15, 0.2) is 0 Å². The van der Waals surface area contributed by atoms with Crippen LogP contribution in [0.4, 0.5) is 0 Å². The first kappa shape index (κ1) is 17.4. The normalized spacial score (nSPS) is 13.9. The molecule has 2 aromatic heterocycles. The Labute approximate surface area is 155 Å². The van der Waals surface area contributed by atoms with Gasteiger partial charge in [-0.2, -0.15) is 0 Å². The molecule has 0 amide bonds. The summed E-state index contributed by atoms with van der Waals surface area (Å²) in [6.45, 7) is 3.74. The van der Waals surface area contributed by atoms with Crippen LogP contribution in [0.5, 0.6) is 0 Å². The molecule has 1 aliphatic carbocycles. The molecular formula is C21H20N2O4. The highest BCUT2D eigenvalue weighted by molar-refractivity contribution is 5.95. The smallest absolute Gasteiger partial charge is 0.341 e. The quantitative estimate of drug-likeness (QED) is 0.742. The number of carboxylic acids is 1. The molecule has 6 heteroatoms. The maximum atomic E-state index is 12.7. The van der Waals surface area contributed by atoms with Gasteiger partial charge in [-0.05, 0) is 55.5 Å². The first-order valence-electron chi connectivity index (χ1n) is 8.91. The predicted octanol–water partition coefficient (Wildman–Crippen LogP) is 3.21. The van der Waals surface area contributed by atoms with Gasteiger partial charge < -0.3 is 14.8 Å². The van der Waals surface area contributed by atoms with Gasteiger partial charge in [-0.3, -0.25) is 9.78 Å². The lowest BCUT2D eigenvalue weighted by Gasteiger charge is -2.17. The summed E-state index contributed by atoms with van der Waals surface area (Å²) in [5.74, 6) is -1.20. The number of benzene rings is 1. The zero-order valence-electron chi connectivity index (χ0n) is 15.2. The van der Waals surface area contributed by atoms with Crippen molar-refractivity contribution >= 4 is 16.9 Å². The minimum Gasteiger partial charge on any atom is -0.477 e. The summed E-state index contributed by atoms with van der Waals surface area (Å²) >= 11 is 0. The molecule has 3 aromatic rings. The summed E-state index contributed by atoms with van der Waals surface area (Å²) in [6, 6.07) is 5.76. The number of hydrogen-bond acceptors (Lipinski definition) is 4. The molecule has 138 valence electrons. The Kier molecular flexibility index (Phi) is 4.08. The molecule has 4 rings (SSSR count). The lowest BCUT2D eigenvalue weighted by molar-refractivity contribution is 0.0695. The van der Waals surface area contributed by atoms with Gasteiger partial charge in [0.2, 0.25) is 5.43 Å². The van der Waals surface area contributed by atoms with Crippen LogP contribution in [0, 0.1) is 13.8 Å². The van der Waals surface area contributed by atoms with E-state index in [1.165, 1.54) is 6.20 Å². The molecule has 0 unspecified atom stereocenters. The van der Waals surface area contributed by atoms with Crippen LogP contribution in [0.25, 0.3) is 22.0 Å². The van der Waals surface area contributed by atoms with Crippen molar-refractivity contribution in [3.8, 4) is 11.1 Å². The zero-order chi connectivity index (χ0) is 19.3. The number of carbonyl (C=O) groups is 1. The highest BCUT2D eigenvalue weighted by Gasteiger charge is 2.28. The number of aliphatic hydroxyl groups excluding tert-OH is 1. The first-order valence-corrected chi connectivity index (χ1v) is 8.91. The fourth-order valence-corrected chi connectivity index (χ4v) is 3.65. The van der Waals surface area contributed by atoms with E-state index in [1.54, 1.807) is 12.3 Å². The number of fused-ring (bicyclic) bond motifs is 1. The number of rotatable bonds is 4. The predicted molar refractivity (Wildman–Crippen MR) is 102 cm³/mol. The van der Waals surface area contributed by atoms with E-state index in [0.29, 0.717) is 11.1 Å². The monoisotopic (exact) mass is 364 g/mol. The van der Waals surface area contributed by atoms with Gasteiger partial charge in [-0.1, -0.05) is 6.07 Å². The third-order valence-corrected chi connectivity index (χ3v) is 5.26. The van der Waals surface area contributed by atoms with Crippen LogP contribution in [0.15, 0.2) is 35.4 Å². The molecule has 1 fully saturated rings. The number of aryl methyl sites for hydroxylation is 2. The summed E-state index contributed by atoms with van der Waals surface area (Å²) in [5.41, 5.74) is 4.45. The lowest BCUT2D eigenvalue weighted by Crippen LogP contribution is -2.19. The topological polar surface area (TPSA) is 92.4 Å². The molecule has 27 heavy (non-hydrogen) atoms. The molecular weight excluding hydrogens is 344 g/mol. The maximum absolute atomic E-state index is 12.7. The third kappa shape index (κ3) is 2.82. The summed E-state index contributed by atoms with van der Waals surface area (Å²) in [6.07, 6.45) is 5.16. The van der Waals surface area contributed by atoms with E-state index in [2.05, 4.69) is 4.98 Å². The number of carboxylic acid groups (broad SMARTS) is 1. The van der Waals surface area contributed by atoms with Crippen molar-refractivity contribution in [2.24, 2.45) is 0 Å². The maximum Gasteiger partial charge on any atom is 0.341 e. The van der Waals surface area contributed by atoms with Crippen LogP contribution in [0.2, 0.25) is 0 Å². The molecule has 0 saturated heterocycles. The second-order valence-electron chi connectivity index (χ2n) is 7.10. The number of aromatic carboxylic acids is 1. The fraction of sp³-hybridized carbons (Fsp3) is 0.286. The van der Waals surface area contributed by atoms with Crippen LogP contribution < -0.4 is 5.43 Å². The average molecular weight is 364 g/mol. The highest BCUT2D eigenvalue weighted by atomic mass is 16.4. The van der Waals surface area contributed by atoms with Gasteiger partial charge in [0.05, 0.1) is 17.8 Å². The van der Waals surface area contributed by atoms with Crippen molar-refractivity contribution in [3.05, 3.63) is 63.2 Å². The summed E-state index contributed by atoms with van der Waals surface area (Å²) < 4.78 is 1.95. The first-order chi connectivity index (χ1) is 12.9. The zero-order valence-corrected chi connectivity index (χ0v) is 15.2. The van der Waals surface area contributed by atoms with E-state index in [-0.39, 0.29) is 18.2 Å². The largest absolute Gasteiger partial charge is 0.477 e. The molecule has 0 bridgehead atoms. The van der Waals surface area contributed by atoms with Crippen molar-refractivity contribution in [2.75, 3.05) is 0 Å². The Morgan fingerprint density at radius 1 is 1.30 bits per heavy atom. The van der Waals surface area contributed by atoms with Gasteiger partial charge in [-0.25, -0.2) is 4.79 Å². The number of aromatic nitrogens is 2. The molecule has 6 nitrogen and oxygen atoms in total. The number of nitrogens with zero attached hydrogens (tertiary/aromatic N) is 2. The summed E-state index contributed by atoms with van der Waals surface area (Å²) in [4.78, 5) is 28.5. The van der Waals surface area contributed by atoms with Crippen LogP contribution >= 0.6 is 0 Å². The molecule has 2 heterocycles. The Morgan fingerprint density at radius 2 is 2.04 bits per heavy atom. The second-order valence-corrected chi connectivity index (χ2v) is 7.10. The van der Waals surface area contributed by atoms with Crippen molar-refractivity contribution in [3.63, 3.8) is 0 Å². The van der Waals surface area contributed by atoms with Gasteiger partial charge in [0, 0.05) is 29.4 Å². The fourth-order valence-electron chi connectivity index (χ4n) is 3.65. The van der Waals surface area contributed by atoms with Crippen molar-refractivity contribution < 1.29 is 15.0 Å². The Bertz CT molecular complexity index is 1140. The Morgan fingerprint density at radius 3 is 2.63 bits per heavy atom. The molecule has 0 spiro atoms. The van der Waals surface area contributed by atoms with Crippen molar-refractivity contribution in [1.29, 1.82) is 0 Å². The minimum atomic E-state index is -1.20. The Balaban J connectivity index is 2.01. The van der Waals surface area contributed by atoms with E-state index in [9.17, 15) is 19.8 Å². The van der Waals surface area contributed by atoms with Crippen molar-refractivity contribution in [1.82, 2.24) is 9.55 Å². The van der Waals surface area contributed by atoms with E-state index >= 15 is 0 Å². The lowest BCUT2D eigenvalue weighted by atomic mass is 9.96. The van der Waals surface area contributed by atoms with Crippen LogP contribution in [0.3, 0.4) is 0 Å². The van der Waals surface area contributed by atoms with Gasteiger partial charge in [0.25, 0.3) is 0 Å². The van der Waals surface area contributed by atoms with E-state index in [0.717, 1.165) is 40.6 Å². The van der Waals surface area contributed by atoms with Gasteiger partial charge in [0.1, 0.15) is 5.56 Å². The van der Waals surface area contributed by atoms with E-state index in [1.807, 2.05) is 30.5 Å². The van der Waals surface area contributed by atoms with Gasteiger partial charge >= 0.3 is 5.97 Å². The molecule has 0 aliphatic heterocycles. The molecule has 1 aliphatic rings. The van der Waals surface area contributed by atoms with E-state index in [4.69, 9.17) is 0 Å². The van der Waals surface area contributed by atoms with E-state index < -0.39 is 11.4 Å². The standard InChI is InChI=1S/C21H20N2O4/c1-11-7-13(8-22-18(11)10-24)15-5-6-16-19(12(15)2)23(14-3-4-14)9-17(20(16)25)21(26)27/h5-9,14,24H,3-4,10H2,1-2H3,(H,26,27). The van der Waals surface area contributed by atoms with Crippen LogP contribution in [0.1, 0.15) is 46.1 Å². The second kappa shape index (κ2) is 6.32.